The molecule has 0 bridgehead atoms. The number of carbonyl (C=O) groups excluding carboxylic acids is 1. The van der Waals surface area contributed by atoms with Crippen LogP contribution in [0.4, 0.5) is 5.82 Å². The zero-order valence-electron chi connectivity index (χ0n) is 8.69. The number of hydrogen-bond acceptors (Lipinski definition) is 5. The number of nitrogens with two attached hydrogens (primary N) is 1. The van der Waals surface area contributed by atoms with Gasteiger partial charge in [0.05, 0.1) is 17.9 Å². The van der Waals surface area contributed by atoms with Gasteiger partial charge in [-0.05, 0) is 13.8 Å². The molecule has 1 amide bonds. The summed E-state index contributed by atoms with van der Waals surface area (Å²) in [5.41, 5.74) is 6.37. The van der Waals surface area contributed by atoms with E-state index in [1.807, 2.05) is 6.92 Å². The molecule has 1 aromatic rings. The highest BCUT2D eigenvalue weighted by atomic mass is 16.3. The van der Waals surface area contributed by atoms with Crippen LogP contribution in [0.2, 0.25) is 0 Å². The van der Waals surface area contributed by atoms with E-state index >= 15 is 0 Å². The Balaban J connectivity index is 2.65. The summed E-state index contributed by atoms with van der Waals surface area (Å²) in [5.74, 6) is -0.212. The van der Waals surface area contributed by atoms with Gasteiger partial charge in [-0.1, -0.05) is 0 Å². The van der Waals surface area contributed by atoms with Gasteiger partial charge in [0, 0.05) is 6.20 Å². The fourth-order valence-electron chi connectivity index (χ4n) is 0.999. The maximum atomic E-state index is 10.6. The minimum absolute atomic E-state index is 0.0360. The van der Waals surface area contributed by atoms with Crippen molar-refractivity contribution in [3.05, 3.63) is 17.6 Å². The summed E-state index contributed by atoms with van der Waals surface area (Å²) >= 11 is 0. The summed E-state index contributed by atoms with van der Waals surface area (Å²) in [6.45, 7) is 3.63. The molecule has 1 aromatic heterocycles. The molecule has 1 heterocycles. The number of aliphatic hydroxyl groups excluding tert-OH is 1. The van der Waals surface area contributed by atoms with Gasteiger partial charge in [0.2, 0.25) is 5.91 Å². The zero-order valence-corrected chi connectivity index (χ0v) is 8.69. The molecule has 0 aliphatic heterocycles. The van der Waals surface area contributed by atoms with E-state index in [4.69, 9.17) is 10.8 Å². The zero-order chi connectivity index (χ0) is 11.4. The summed E-state index contributed by atoms with van der Waals surface area (Å²) in [6.07, 6.45) is 0.428. The second-order valence-electron chi connectivity index (χ2n) is 3.24. The van der Waals surface area contributed by atoms with Gasteiger partial charge in [0.15, 0.2) is 0 Å². The minimum atomic E-state index is -1.22. The Morgan fingerprint density at radius 1 is 1.67 bits per heavy atom. The third-order valence-corrected chi connectivity index (χ3v) is 1.87. The fraction of sp³-hybridized carbons (Fsp3) is 0.444. The molecule has 0 fully saturated rings. The number of aromatic nitrogens is 2. The lowest BCUT2D eigenvalue weighted by Crippen LogP contribution is -2.34. The Morgan fingerprint density at radius 3 is 2.93 bits per heavy atom. The largest absolute Gasteiger partial charge is 0.381 e. The van der Waals surface area contributed by atoms with Crippen molar-refractivity contribution in [2.45, 2.75) is 20.0 Å². The first kappa shape index (κ1) is 11.4. The number of rotatable bonds is 4. The highest BCUT2D eigenvalue weighted by Crippen LogP contribution is 2.08. The monoisotopic (exact) mass is 210 g/mol. The number of nitrogens with one attached hydrogen (secondary N) is 1. The molecule has 0 saturated heterocycles. The Kier molecular flexibility index (Phi) is 3.56. The van der Waals surface area contributed by atoms with E-state index in [0.717, 1.165) is 5.69 Å². The van der Waals surface area contributed by atoms with Crippen molar-refractivity contribution in [3.63, 3.8) is 0 Å². The van der Waals surface area contributed by atoms with Gasteiger partial charge in [-0.25, -0.2) is 4.98 Å². The van der Waals surface area contributed by atoms with E-state index in [1.165, 1.54) is 0 Å². The number of aryl methyl sites for hydroxylation is 2. The molecule has 6 heteroatoms. The van der Waals surface area contributed by atoms with Crippen LogP contribution in [0.3, 0.4) is 0 Å². The standard InChI is InChI=1S/C9H14N4O2/c1-5-3-11-6(2)9(13-5)12-4-7(14)8(10)15/h3,7,14H,4H2,1-2H3,(H2,10,15)(H,12,13). The number of anilines is 1. The smallest absolute Gasteiger partial charge is 0.248 e. The lowest BCUT2D eigenvalue weighted by atomic mass is 10.3. The van der Waals surface area contributed by atoms with Crippen molar-refractivity contribution in [1.82, 2.24) is 9.97 Å². The number of hydrogen-bond donors (Lipinski definition) is 3. The van der Waals surface area contributed by atoms with E-state index in [0.29, 0.717) is 11.5 Å². The Hall–Kier alpha value is -1.69. The van der Waals surface area contributed by atoms with Gasteiger partial charge >= 0.3 is 0 Å². The lowest BCUT2D eigenvalue weighted by molar-refractivity contribution is -0.125. The van der Waals surface area contributed by atoms with Gasteiger partial charge in [0.1, 0.15) is 11.9 Å². The molecule has 1 unspecified atom stereocenters. The maximum absolute atomic E-state index is 10.6. The fourth-order valence-corrected chi connectivity index (χ4v) is 0.999. The minimum Gasteiger partial charge on any atom is -0.381 e. The molecular weight excluding hydrogens is 196 g/mol. The van der Waals surface area contributed by atoms with Gasteiger partial charge < -0.3 is 16.2 Å². The van der Waals surface area contributed by atoms with Gasteiger partial charge in [-0.2, -0.15) is 0 Å². The van der Waals surface area contributed by atoms with Crippen molar-refractivity contribution in [2.75, 3.05) is 11.9 Å². The van der Waals surface area contributed by atoms with Crippen LogP contribution in [-0.2, 0) is 4.79 Å². The van der Waals surface area contributed by atoms with E-state index in [9.17, 15) is 4.79 Å². The molecule has 0 aliphatic rings. The lowest BCUT2D eigenvalue weighted by Gasteiger charge is -2.10. The molecule has 82 valence electrons. The third-order valence-electron chi connectivity index (χ3n) is 1.87. The first-order chi connectivity index (χ1) is 7.00. The van der Waals surface area contributed by atoms with Crippen LogP contribution in [0.25, 0.3) is 0 Å². The molecule has 0 radical (unpaired) electrons. The van der Waals surface area contributed by atoms with Crippen LogP contribution in [0.15, 0.2) is 6.20 Å². The van der Waals surface area contributed by atoms with E-state index in [2.05, 4.69) is 15.3 Å². The van der Waals surface area contributed by atoms with Crippen molar-refractivity contribution < 1.29 is 9.90 Å². The molecular formula is C9H14N4O2. The molecule has 0 saturated carbocycles. The van der Waals surface area contributed by atoms with Crippen LogP contribution in [0.5, 0.6) is 0 Å². The highest BCUT2D eigenvalue weighted by molar-refractivity contribution is 5.79. The summed E-state index contributed by atoms with van der Waals surface area (Å²) in [4.78, 5) is 18.8. The van der Waals surface area contributed by atoms with Crippen LogP contribution < -0.4 is 11.1 Å². The van der Waals surface area contributed by atoms with Crippen molar-refractivity contribution >= 4 is 11.7 Å². The molecule has 6 nitrogen and oxygen atoms in total. The maximum Gasteiger partial charge on any atom is 0.248 e. The number of primary amides is 1. The highest BCUT2D eigenvalue weighted by Gasteiger charge is 2.11. The van der Waals surface area contributed by atoms with Gasteiger partial charge in [-0.3, -0.25) is 9.78 Å². The van der Waals surface area contributed by atoms with Crippen LogP contribution >= 0.6 is 0 Å². The van der Waals surface area contributed by atoms with Crippen LogP contribution in [0.1, 0.15) is 11.4 Å². The topological polar surface area (TPSA) is 101 Å². The average Bonchev–Trinajstić information content (AvgIpc) is 2.18. The first-order valence-electron chi connectivity index (χ1n) is 4.52. The van der Waals surface area contributed by atoms with E-state index in [-0.39, 0.29) is 6.54 Å². The first-order valence-corrected chi connectivity index (χ1v) is 4.52. The van der Waals surface area contributed by atoms with Crippen molar-refractivity contribution in [3.8, 4) is 0 Å². The van der Waals surface area contributed by atoms with Crippen molar-refractivity contribution in [2.24, 2.45) is 5.73 Å². The number of carbonyl (C=O) groups is 1. The Morgan fingerprint density at radius 2 is 2.33 bits per heavy atom. The Bertz CT molecular complexity index is 367. The number of aliphatic hydroxyl groups is 1. The molecule has 1 rings (SSSR count). The predicted octanol–water partition coefficient (Wildman–Crippen LogP) is -0.648. The molecule has 4 N–H and O–H groups in total. The van der Waals surface area contributed by atoms with E-state index < -0.39 is 12.0 Å². The molecule has 0 aliphatic carbocycles. The van der Waals surface area contributed by atoms with E-state index in [1.54, 1.807) is 13.1 Å². The SMILES string of the molecule is Cc1cnc(C)c(NCC(O)C(N)=O)n1. The van der Waals surface area contributed by atoms with Crippen LogP contribution in [-0.4, -0.2) is 33.6 Å². The Labute approximate surface area is 87.5 Å². The number of nitrogens with zero attached hydrogens (tertiary/aromatic N) is 2. The summed E-state index contributed by atoms with van der Waals surface area (Å²) in [6, 6.07) is 0. The molecule has 0 spiro atoms. The number of amides is 1. The molecule has 1 atom stereocenters. The molecule has 15 heavy (non-hydrogen) atoms. The third kappa shape index (κ3) is 3.17. The predicted molar refractivity (Wildman–Crippen MR) is 55.2 cm³/mol. The van der Waals surface area contributed by atoms with Crippen LogP contribution in [0, 0.1) is 13.8 Å². The normalized spacial score (nSPS) is 12.2. The summed E-state index contributed by atoms with van der Waals surface area (Å²) < 4.78 is 0. The van der Waals surface area contributed by atoms with Gasteiger partial charge in [0.25, 0.3) is 0 Å². The summed E-state index contributed by atoms with van der Waals surface area (Å²) in [5, 5.41) is 12.0. The second kappa shape index (κ2) is 4.70. The average molecular weight is 210 g/mol. The quantitative estimate of drug-likeness (QED) is 0.613. The van der Waals surface area contributed by atoms with Crippen molar-refractivity contribution in [1.29, 1.82) is 0 Å². The second-order valence-corrected chi connectivity index (χ2v) is 3.24. The van der Waals surface area contributed by atoms with Gasteiger partial charge in [-0.15, -0.1) is 0 Å². The summed E-state index contributed by atoms with van der Waals surface area (Å²) in [7, 11) is 0. The molecule has 0 aromatic carbocycles.